The molecule has 0 heterocycles. The SMILES string of the molecule is NC(Cc1ccccc1Br)Cc1c(F)cccc1F. The van der Waals surface area contributed by atoms with Crippen LogP contribution in [0, 0.1) is 11.6 Å². The molecule has 1 unspecified atom stereocenters. The van der Waals surface area contributed by atoms with E-state index in [0.717, 1.165) is 10.0 Å². The van der Waals surface area contributed by atoms with Crippen molar-refractivity contribution in [3.63, 3.8) is 0 Å². The van der Waals surface area contributed by atoms with Gasteiger partial charge in [0.2, 0.25) is 0 Å². The van der Waals surface area contributed by atoms with Crippen LogP contribution in [-0.4, -0.2) is 6.04 Å². The van der Waals surface area contributed by atoms with Gasteiger partial charge in [-0.3, -0.25) is 0 Å². The van der Waals surface area contributed by atoms with Crippen molar-refractivity contribution in [1.82, 2.24) is 0 Å². The highest BCUT2D eigenvalue weighted by molar-refractivity contribution is 9.10. The normalized spacial score (nSPS) is 12.4. The van der Waals surface area contributed by atoms with Crippen molar-refractivity contribution in [2.75, 3.05) is 0 Å². The molecule has 0 aliphatic rings. The minimum absolute atomic E-state index is 0.0575. The van der Waals surface area contributed by atoms with Gasteiger partial charge in [0, 0.05) is 16.1 Å². The predicted octanol–water partition coefficient (Wildman–Crippen LogP) is 3.84. The Balaban J connectivity index is 2.10. The zero-order valence-corrected chi connectivity index (χ0v) is 11.8. The molecule has 0 aromatic heterocycles. The Morgan fingerprint density at radius 2 is 1.58 bits per heavy atom. The van der Waals surface area contributed by atoms with Crippen molar-refractivity contribution in [2.24, 2.45) is 5.73 Å². The van der Waals surface area contributed by atoms with Crippen molar-refractivity contribution in [1.29, 1.82) is 0 Å². The molecule has 2 aromatic carbocycles. The second kappa shape index (κ2) is 6.26. The van der Waals surface area contributed by atoms with Gasteiger partial charge in [0.15, 0.2) is 0 Å². The molecule has 1 atom stereocenters. The van der Waals surface area contributed by atoms with E-state index in [4.69, 9.17) is 5.73 Å². The summed E-state index contributed by atoms with van der Waals surface area (Å²) >= 11 is 3.44. The highest BCUT2D eigenvalue weighted by Gasteiger charge is 2.14. The van der Waals surface area contributed by atoms with Crippen LogP contribution in [-0.2, 0) is 12.8 Å². The molecule has 0 spiro atoms. The zero-order chi connectivity index (χ0) is 13.8. The average molecular weight is 326 g/mol. The zero-order valence-electron chi connectivity index (χ0n) is 10.2. The summed E-state index contributed by atoms with van der Waals surface area (Å²) < 4.78 is 28.0. The summed E-state index contributed by atoms with van der Waals surface area (Å²) in [5.41, 5.74) is 7.08. The van der Waals surface area contributed by atoms with Crippen molar-refractivity contribution in [3.8, 4) is 0 Å². The number of halogens is 3. The van der Waals surface area contributed by atoms with Crippen LogP contribution >= 0.6 is 15.9 Å². The maximum absolute atomic E-state index is 13.5. The minimum Gasteiger partial charge on any atom is -0.327 e. The molecule has 0 bridgehead atoms. The van der Waals surface area contributed by atoms with E-state index in [0.29, 0.717) is 6.42 Å². The first-order valence-electron chi connectivity index (χ1n) is 6.00. The highest BCUT2D eigenvalue weighted by atomic mass is 79.9. The fraction of sp³-hybridized carbons (Fsp3) is 0.200. The number of rotatable bonds is 4. The Morgan fingerprint density at radius 3 is 2.21 bits per heavy atom. The topological polar surface area (TPSA) is 26.0 Å². The smallest absolute Gasteiger partial charge is 0.129 e. The number of nitrogens with two attached hydrogens (primary N) is 1. The lowest BCUT2D eigenvalue weighted by atomic mass is 9.99. The van der Waals surface area contributed by atoms with Crippen LogP contribution in [0.1, 0.15) is 11.1 Å². The van der Waals surface area contributed by atoms with Crippen LogP contribution in [0.5, 0.6) is 0 Å². The molecule has 0 fully saturated rings. The van der Waals surface area contributed by atoms with Crippen LogP contribution in [0.2, 0.25) is 0 Å². The Kier molecular flexibility index (Phi) is 4.66. The summed E-state index contributed by atoms with van der Waals surface area (Å²) in [5.74, 6) is -1.08. The second-order valence-electron chi connectivity index (χ2n) is 4.46. The quantitative estimate of drug-likeness (QED) is 0.908. The number of hydrogen-bond acceptors (Lipinski definition) is 1. The molecule has 0 radical (unpaired) electrons. The third kappa shape index (κ3) is 3.61. The van der Waals surface area contributed by atoms with Gasteiger partial charge in [-0.25, -0.2) is 8.78 Å². The molecule has 1 nitrogen and oxygen atoms in total. The summed E-state index contributed by atoms with van der Waals surface area (Å²) in [6, 6.07) is 11.2. The molecule has 100 valence electrons. The molecule has 0 saturated heterocycles. The van der Waals surface area contributed by atoms with Crippen molar-refractivity contribution in [3.05, 3.63) is 69.7 Å². The van der Waals surface area contributed by atoms with Gasteiger partial charge in [0.05, 0.1) is 0 Å². The largest absolute Gasteiger partial charge is 0.327 e. The molecule has 0 aliphatic heterocycles. The number of benzene rings is 2. The van der Waals surface area contributed by atoms with Crippen LogP contribution in [0.15, 0.2) is 46.9 Å². The molecule has 2 rings (SSSR count). The maximum atomic E-state index is 13.5. The summed E-state index contributed by atoms with van der Waals surface area (Å²) in [5, 5.41) is 0. The van der Waals surface area contributed by atoms with Crippen LogP contribution < -0.4 is 5.73 Å². The molecule has 2 N–H and O–H groups in total. The Morgan fingerprint density at radius 1 is 0.947 bits per heavy atom. The van der Waals surface area contributed by atoms with Crippen molar-refractivity contribution in [2.45, 2.75) is 18.9 Å². The lowest BCUT2D eigenvalue weighted by Crippen LogP contribution is -2.26. The molecule has 0 aliphatic carbocycles. The van der Waals surface area contributed by atoms with Gasteiger partial charge >= 0.3 is 0 Å². The fourth-order valence-corrected chi connectivity index (χ4v) is 2.45. The number of hydrogen-bond donors (Lipinski definition) is 1. The lowest BCUT2D eigenvalue weighted by molar-refractivity contribution is 0.533. The monoisotopic (exact) mass is 325 g/mol. The molecule has 0 amide bonds. The van der Waals surface area contributed by atoms with Gasteiger partial charge in [-0.05, 0) is 36.6 Å². The van der Waals surface area contributed by atoms with Crippen molar-refractivity contribution < 1.29 is 8.78 Å². The van der Waals surface area contributed by atoms with Crippen LogP contribution in [0.25, 0.3) is 0 Å². The minimum atomic E-state index is -0.539. The molecule has 19 heavy (non-hydrogen) atoms. The van der Waals surface area contributed by atoms with Gasteiger partial charge in [-0.2, -0.15) is 0 Å². The van der Waals surface area contributed by atoms with E-state index in [-0.39, 0.29) is 18.0 Å². The van der Waals surface area contributed by atoms with Gasteiger partial charge < -0.3 is 5.73 Å². The Labute approximate surface area is 119 Å². The van der Waals surface area contributed by atoms with E-state index in [2.05, 4.69) is 15.9 Å². The highest BCUT2D eigenvalue weighted by Crippen LogP contribution is 2.19. The molecule has 0 saturated carbocycles. The Bertz CT molecular complexity index is 552. The third-order valence-corrected chi connectivity index (χ3v) is 3.74. The summed E-state index contributed by atoms with van der Waals surface area (Å²) in [4.78, 5) is 0. The second-order valence-corrected chi connectivity index (χ2v) is 5.31. The van der Waals surface area contributed by atoms with Gasteiger partial charge in [-0.15, -0.1) is 0 Å². The van der Waals surface area contributed by atoms with E-state index >= 15 is 0 Å². The van der Waals surface area contributed by atoms with Crippen LogP contribution in [0.4, 0.5) is 8.78 Å². The summed E-state index contributed by atoms with van der Waals surface area (Å²) in [6.45, 7) is 0. The lowest BCUT2D eigenvalue weighted by Gasteiger charge is -2.14. The van der Waals surface area contributed by atoms with Crippen molar-refractivity contribution >= 4 is 15.9 Å². The maximum Gasteiger partial charge on any atom is 0.129 e. The van der Waals surface area contributed by atoms with E-state index < -0.39 is 11.6 Å². The summed E-state index contributed by atoms with van der Waals surface area (Å²) in [7, 11) is 0. The van der Waals surface area contributed by atoms with E-state index in [1.54, 1.807) is 0 Å². The third-order valence-electron chi connectivity index (χ3n) is 2.97. The molecule has 2 aromatic rings. The Hall–Kier alpha value is -1.26. The summed E-state index contributed by atoms with van der Waals surface area (Å²) in [6.07, 6.45) is 0.745. The molecular formula is C15H14BrF2N. The molecular weight excluding hydrogens is 312 g/mol. The first-order chi connectivity index (χ1) is 9.08. The van der Waals surface area contributed by atoms with E-state index in [1.807, 2.05) is 24.3 Å². The average Bonchev–Trinajstić information content (AvgIpc) is 2.37. The predicted molar refractivity (Wildman–Crippen MR) is 75.9 cm³/mol. The van der Waals surface area contributed by atoms with Gasteiger partial charge in [-0.1, -0.05) is 40.2 Å². The van der Waals surface area contributed by atoms with Crippen LogP contribution in [0.3, 0.4) is 0 Å². The fourth-order valence-electron chi connectivity index (χ4n) is 2.01. The standard InChI is InChI=1S/C15H14BrF2N/c16-13-5-2-1-4-10(13)8-11(19)9-12-14(17)6-3-7-15(12)18/h1-7,11H,8-9,19H2. The van der Waals surface area contributed by atoms with Gasteiger partial charge in [0.1, 0.15) is 11.6 Å². The first-order valence-corrected chi connectivity index (χ1v) is 6.79. The molecule has 4 heteroatoms. The van der Waals surface area contributed by atoms with E-state index in [9.17, 15) is 8.78 Å². The van der Waals surface area contributed by atoms with E-state index in [1.165, 1.54) is 18.2 Å². The first kappa shape index (κ1) is 14.2. The van der Waals surface area contributed by atoms with Gasteiger partial charge in [0.25, 0.3) is 0 Å².